The van der Waals surface area contributed by atoms with E-state index in [2.05, 4.69) is 17.1 Å². The fourth-order valence-electron chi connectivity index (χ4n) is 2.93. The summed E-state index contributed by atoms with van der Waals surface area (Å²) in [5.74, 6) is -2.71. The molecule has 1 heterocycles. The second-order valence-corrected chi connectivity index (χ2v) is 5.59. The van der Waals surface area contributed by atoms with Crippen molar-refractivity contribution in [3.63, 3.8) is 0 Å². The molecule has 0 radical (unpaired) electrons. The Morgan fingerprint density at radius 1 is 1.09 bits per heavy atom. The van der Waals surface area contributed by atoms with Gasteiger partial charge in [-0.1, -0.05) is 26.2 Å². The molecule has 1 saturated heterocycles. The fourth-order valence-corrected chi connectivity index (χ4v) is 2.93. The van der Waals surface area contributed by atoms with E-state index in [0.717, 1.165) is 57.9 Å². The molecule has 1 aliphatic rings. The van der Waals surface area contributed by atoms with Crippen LogP contribution in [0.1, 0.15) is 44.2 Å². The van der Waals surface area contributed by atoms with Crippen molar-refractivity contribution in [2.24, 2.45) is 0 Å². The molecular formula is C16H25Cl2F3N2. The van der Waals surface area contributed by atoms with Crippen LogP contribution in [0.4, 0.5) is 13.2 Å². The second kappa shape index (κ2) is 11.1. The van der Waals surface area contributed by atoms with Gasteiger partial charge in [-0.25, -0.2) is 13.2 Å². The van der Waals surface area contributed by atoms with Crippen molar-refractivity contribution in [3.8, 4) is 0 Å². The Hall–Kier alpha value is -0.490. The Morgan fingerprint density at radius 3 is 2.35 bits per heavy atom. The SMILES string of the molecule is CCCCC[C@H](c1cc(F)cc(F)c1F)N1CCNCC1.Cl.Cl. The van der Waals surface area contributed by atoms with Gasteiger partial charge in [0.15, 0.2) is 11.6 Å². The lowest BCUT2D eigenvalue weighted by atomic mass is 9.97. The van der Waals surface area contributed by atoms with E-state index in [1.54, 1.807) is 0 Å². The van der Waals surface area contributed by atoms with Crippen molar-refractivity contribution in [1.82, 2.24) is 10.2 Å². The van der Waals surface area contributed by atoms with Crippen molar-refractivity contribution in [3.05, 3.63) is 35.1 Å². The molecule has 1 N–H and O–H groups in total. The Labute approximate surface area is 148 Å². The first-order valence-electron chi connectivity index (χ1n) is 7.72. The summed E-state index contributed by atoms with van der Waals surface area (Å²) >= 11 is 0. The molecule has 1 fully saturated rings. The summed E-state index contributed by atoms with van der Waals surface area (Å²) in [6, 6.07) is 1.51. The number of nitrogens with zero attached hydrogens (tertiary/aromatic N) is 1. The number of hydrogen-bond donors (Lipinski definition) is 1. The molecule has 1 aromatic carbocycles. The van der Waals surface area contributed by atoms with Gasteiger partial charge in [0.2, 0.25) is 0 Å². The van der Waals surface area contributed by atoms with Crippen LogP contribution in [0.2, 0.25) is 0 Å². The number of hydrogen-bond acceptors (Lipinski definition) is 2. The first-order chi connectivity index (χ1) is 10.1. The molecule has 0 aliphatic carbocycles. The zero-order valence-corrected chi connectivity index (χ0v) is 14.9. The van der Waals surface area contributed by atoms with Gasteiger partial charge in [0.05, 0.1) is 0 Å². The molecule has 23 heavy (non-hydrogen) atoms. The van der Waals surface area contributed by atoms with E-state index in [1.807, 2.05) is 0 Å². The van der Waals surface area contributed by atoms with Gasteiger partial charge in [0.1, 0.15) is 5.82 Å². The molecular weight excluding hydrogens is 348 g/mol. The van der Waals surface area contributed by atoms with Gasteiger partial charge in [-0.2, -0.15) is 0 Å². The highest BCUT2D eigenvalue weighted by molar-refractivity contribution is 5.85. The standard InChI is InChI=1S/C16H23F3N2.2ClH/c1-2-3-4-5-15(21-8-6-20-7-9-21)13-10-12(17)11-14(18)16(13)19;;/h10-11,15,20H,2-9H2,1H3;2*1H/t15-;;/m1../s1. The number of unbranched alkanes of at least 4 members (excludes halogenated alkanes) is 2. The lowest BCUT2D eigenvalue weighted by Crippen LogP contribution is -2.45. The monoisotopic (exact) mass is 372 g/mol. The number of benzene rings is 1. The predicted octanol–water partition coefficient (Wildman–Crippen LogP) is 4.47. The number of rotatable bonds is 6. The average molecular weight is 373 g/mol. The summed E-state index contributed by atoms with van der Waals surface area (Å²) in [6.07, 6.45) is 3.77. The minimum Gasteiger partial charge on any atom is -0.314 e. The molecule has 0 amide bonds. The Kier molecular flexibility index (Phi) is 10.9. The summed E-state index contributed by atoms with van der Waals surface area (Å²) in [6.45, 7) is 5.29. The molecule has 1 aliphatic heterocycles. The van der Waals surface area contributed by atoms with Gasteiger partial charge in [0.25, 0.3) is 0 Å². The summed E-state index contributed by atoms with van der Waals surface area (Å²) in [5.41, 5.74) is 0.158. The summed E-state index contributed by atoms with van der Waals surface area (Å²) in [7, 11) is 0. The molecule has 7 heteroatoms. The molecule has 0 aromatic heterocycles. The van der Waals surface area contributed by atoms with Crippen LogP contribution >= 0.6 is 24.8 Å². The van der Waals surface area contributed by atoms with Crippen LogP contribution in [0.5, 0.6) is 0 Å². The van der Waals surface area contributed by atoms with Gasteiger partial charge < -0.3 is 5.32 Å². The zero-order valence-electron chi connectivity index (χ0n) is 13.3. The van der Waals surface area contributed by atoms with E-state index in [9.17, 15) is 13.2 Å². The second-order valence-electron chi connectivity index (χ2n) is 5.59. The van der Waals surface area contributed by atoms with Crippen LogP contribution in [-0.2, 0) is 0 Å². The maximum absolute atomic E-state index is 14.1. The minimum atomic E-state index is -1.10. The highest BCUT2D eigenvalue weighted by atomic mass is 35.5. The van der Waals surface area contributed by atoms with Crippen molar-refractivity contribution >= 4 is 24.8 Å². The fraction of sp³-hybridized carbons (Fsp3) is 0.625. The summed E-state index contributed by atoms with van der Waals surface area (Å²) in [4.78, 5) is 2.13. The Balaban J connectivity index is 0.00000242. The van der Waals surface area contributed by atoms with Crippen LogP contribution in [0.3, 0.4) is 0 Å². The predicted molar refractivity (Wildman–Crippen MR) is 92.1 cm³/mol. The highest BCUT2D eigenvalue weighted by Crippen LogP contribution is 2.30. The van der Waals surface area contributed by atoms with Gasteiger partial charge >= 0.3 is 0 Å². The normalized spacial score (nSPS) is 16.3. The first-order valence-corrected chi connectivity index (χ1v) is 7.72. The van der Waals surface area contributed by atoms with Crippen molar-refractivity contribution in [2.75, 3.05) is 26.2 Å². The third-order valence-electron chi connectivity index (χ3n) is 4.05. The molecule has 1 atom stereocenters. The molecule has 2 nitrogen and oxygen atoms in total. The largest absolute Gasteiger partial charge is 0.314 e. The number of piperazine rings is 1. The molecule has 1 aromatic rings. The maximum atomic E-state index is 14.1. The Morgan fingerprint density at radius 2 is 1.74 bits per heavy atom. The molecule has 0 bridgehead atoms. The van der Waals surface area contributed by atoms with Crippen molar-refractivity contribution in [2.45, 2.75) is 38.6 Å². The molecule has 0 unspecified atom stereocenters. The molecule has 0 saturated carbocycles. The van der Waals surface area contributed by atoms with Gasteiger partial charge in [-0.15, -0.1) is 24.8 Å². The van der Waals surface area contributed by atoms with Gasteiger partial charge in [-0.3, -0.25) is 4.90 Å². The quantitative estimate of drug-likeness (QED) is 0.585. The van der Waals surface area contributed by atoms with E-state index in [4.69, 9.17) is 0 Å². The zero-order chi connectivity index (χ0) is 15.2. The smallest absolute Gasteiger partial charge is 0.163 e. The maximum Gasteiger partial charge on any atom is 0.163 e. The third-order valence-corrected chi connectivity index (χ3v) is 4.05. The lowest BCUT2D eigenvalue weighted by molar-refractivity contribution is 0.158. The van der Waals surface area contributed by atoms with Crippen LogP contribution in [-0.4, -0.2) is 31.1 Å². The lowest BCUT2D eigenvalue weighted by Gasteiger charge is -2.35. The van der Waals surface area contributed by atoms with E-state index in [0.29, 0.717) is 6.07 Å². The van der Waals surface area contributed by atoms with Crippen LogP contribution in [0.25, 0.3) is 0 Å². The van der Waals surface area contributed by atoms with E-state index < -0.39 is 17.5 Å². The van der Waals surface area contributed by atoms with Crippen molar-refractivity contribution in [1.29, 1.82) is 0 Å². The summed E-state index contributed by atoms with van der Waals surface area (Å²) < 4.78 is 41.1. The average Bonchev–Trinajstić information content (AvgIpc) is 2.49. The summed E-state index contributed by atoms with van der Waals surface area (Å²) in [5, 5.41) is 3.24. The first kappa shape index (κ1) is 22.5. The van der Waals surface area contributed by atoms with Crippen LogP contribution in [0, 0.1) is 17.5 Å². The van der Waals surface area contributed by atoms with Gasteiger partial charge in [-0.05, 0) is 12.5 Å². The molecule has 134 valence electrons. The highest BCUT2D eigenvalue weighted by Gasteiger charge is 2.26. The number of nitrogens with one attached hydrogen (secondary N) is 1. The number of halogens is 5. The van der Waals surface area contributed by atoms with E-state index in [-0.39, 0.29) is 36.4 Å². The van der Waals surface area contributed by atoms with E-state index in [1.165, 1.54) is 0 Å². The van der Waals surface area contributed by atoms with Gasteiger partial charge in [0, 0.05) is 43.9 Å². The minimum absolute atomic E-state index is 0. The van der Waals surface area contributed by atoms with Crippen molar-refractivity contribution < 1.29 is 13.2 Å². The van der Waals surface area contributed by atoms with E-state index >= 15 is 0 Å². The molecule has 0 spiro atoms. The van der Waals surface area contributed by atoms with Crippen LogP contribution in [0.15, 0.2) is 12.1 Å². The topological polar surface area (TPSA) is 15.3 Å². The molecule has 2 rings (SSSR count). The van der Waals surface area contributed by atoms with Crippen LogP contribution < -0.4 is 5.32 Å². The Bertz CT molecular complexity index is 469. The third kappa shape index (κ3) is 6.14.